The molecular formula is C25H26N2O3S. The molecule has 0 aliphatic carbocycles. The summed E-state index contributed by atoms with van der Waals surface area (Å²) in [5.41, 5.74) is 2.11. The van der Waals surface area contributed by atoms with Crippen molar-refractivity contribution in [2.75, 3.05) is 13.1 Å². The van der Waals surface area contributed by atoms with E-state index in [9.17, 15) is 9.59 Å². The maximum Gasteiger partial charge on any atom is 0.263 e. The third kappa shape index (κ3) is 5.73. The average molecular weight is 435 g/mol. The third-order valence-electron chi connectivity index (χ3n) is 5.49. The van der Waals surface area contributed by atoms with E-state index < -0.39 is 0 Å². The Morgan fingerprint density at radius 3 is 2.48 bits per heavy atom. The molecule has 0 saturated carbocycles. The molecular weight excluding hydrogens is 408 g/mol. The van der Waals surface area contributed by atoms with Crippen molar-refractivity contribution in [2.24, 2.45) is 5.92 Å². The molecule has 1 aromatic heterocycles. The average Bonchev–Trinajstić information content (AvgIpc) is 3.37. The van der Waals surface area contributed by atoms with E-state index in [4.69, 9.17) is 4.74 Å². The lowest BCUT2D eigenvalue weighted by Gasteiger charge is -2.31. The first-order valence-electron chi connectivity index (χ1n) is 10.6. The van der Waals surface area contributed by atoms with Gasteiger partial charge in [0.1, 0.15) is 12.4 Å². The number of carbonyl (C=O) groups is 2. The first kappa shape index (κ1) is 21.1. The Morgan fingerprint density at radius 2 is 1.74 bits per heavy atom. The zero-order valence-corrected chi connectivity index (χ0v) is 18.1. The zero-order chi connectivity index (χ0) is 21.5. The third-order valence-corrected chi connectivity index (χ3v) is 6.35. The van der Waals surface area contributed by atoms with Gasteiger partial charge in [-0.3, -0.25) is 9.59 Å². The highest BCUT2D eigenvalue weighted by molar-refractivity contribution is 7.12. The van der Waals surface area contributed by atoms with Crippen LogP contribution in [0.1, 0.15) is 33.6 Å². The Kier molecular flexibility index (Phi) is 6.99. The highest BCUT2D eigenvalue weighted by Crippen LogP contribution is 2.21. The molecule has 2 amide bonds. The van der Waals surface area contributed by atoms with Crippen molar-refractivity contribution in [3.05, 3.63) is 88.1 Å². The summed E-state index contributed by atoms with van der Waals surface area (Å²) in [6.45, 7) is 2.23. The number of nitrogens with zero attached hydrogens (tertiary/aromatic N) is 1. The monoisotopic (exact) mass is 434 g/mol. The van der Waals surface area contributed by atoms with Gasteiger partial charge in [0.2, 0.25) is 5.91 Å². The minimum absolute atomic E-state index is 0.0445. The smallest absolute Gasteiger partial charge is 0.263 e. The van der Waals surface area contributed by atoms with Gasteiger partial charge in [0.25, 0.3) is 5.91 Å². The van der Waals surface area contributed by atoms with Gasteiger partial charge in [-0.2, -0.15) is 0 Å². The predicted octanol–water partition coefficient (Wildman–Crippen LogP) is 4.50. The molecule has 0 unspecified atom stereocenters. The van der Waals surface area contributed by atoms with Crippen LogP contribution in [0.15, 0.2) is 72.1 Å². The topological polar surface area (TPSA) is 58.6 Å². The van der Waals surface area contributed by atoms with Gasteiger partial charge in [-0.05, 0) is 47.5 Å². The van der Waals surface area contributed by atoms with Crippen LogP contribution in [0.2, 0.25) is 0 Å². The minimum atomic E-state index is -0.0445. The van der Waals surface area contributed by atoms with E-state index in [2.05, 4.69) is 11.4 Å². The van der Waals surface area contributed by atoms with E-state index >= 15 is 0 Å². The molecule has 31 heavy (non-hydrogen) atoms. The van der Waals surface area contributed by atoms with E-state index in [0.29, 0.717) is 39.1 Å². The summed E-state index contributed by atoms with van der Waals surface area (Å²) in [6, 6.07) is 21.5. The number of hydrogen-bond donors (Lipinski definition) is 1. The molecule has 4 rings (SSSR count). The Bertz CT molecular complexity index is 997. The number of rotatable bonds is 7. The summed E-state index contributed by atoms with van der Waals surface area (Å²) < 4.78 is 5.81. The predicted molar refractivity (Wildman–Crippen MR) is 122 cm³/mol. The summed E-state index contributed by atoms with van der Waals surface area (Å²) in [5.74, 6) is 0.930. The summed E-state index contributed by atoms with van der Waals surface area (Å²) >= 11 is 1.46. The van der Waals surface area contributed by atoms with Crippen LogP contribution in [-0.4, -0.2) is 29.8 Å². The second-order valence-electron chi connectivity index (χ2n) is 7.68. The fourth-order valence-electron chi connectivity index (χ4n) is 3.75. The largest absolute Gasteiger partial charge is 0.489 e. The van der Waals surface area contributed by atoms with Crippen molar-refractivity contribution >= 4 is 23.2 Å². The summed E-state index contributed by atoms with van der Waals surface area (Å²) in [7, 11) is 0. The lowest BCUT2D eigenvalue weighted by molar-refractivity contribution is -0.126. The van der Waals surface area contributed by atoms with Gasteiger partial charge in [0, 0.05) is 25.6 Å². The van der Waals surface area contributed by atoms with Crippen LogP contribution in [0.25, 0.3) is 0 Å². The van der Waals surface area contributed by atoms with Gasteiger partial charge in [0.15, 0.2) is 0 Å². The molecule has 1 N–H and O–H groups in total. The van der Waals surface area contributed by atoms with Gasteiger partial charge >= 0.3 is 0 Å². The molecule has 3 aromatic rings. The fraction of sp³-hybridized carbons (Fsp3) is 0.280. The van der Waals surface area contributed by atoms with Gasteiger partial charge in [-0.15, -0.1) is 11.3 Å². The number of hydrogen-bond acceptors (Lipinski definition) is 4. The molecule has 1 aliphatic heterocycles. The molecule has 0 bridgehead atoms. The van der Waals surface area contributed by atoms with Gasteiger partial charge in [0.05, 0.1) is 4.88 Å². The highest BCUT2D eigenvalue weighted by atomic mass is 32.1. The van der Waals surface area contributed by atoms with Crippen molar-refractivity contribution in [3.8, 4) is 5.75 Å². The van der Waals surface area contributed by atoms with Crippen LogP contribution >= 0.6 is 11.3 Å². The molecule has 1 fully saturated rings. The van der Waals surface area contributed by atoms with Crippen LogP contribution in [0, 0.1) is 5.92 Å². The zero-order valence-electron chi connectivity index (χ0n) is 17.3. The second kappa shape index (κ2) is 10.3. The van der Waals surface area contributed by atoms with Crippen molar-refractivity contribution in [1.82, 2.24) is 10.2 Å². The van der Waals surface area contributed by atoms with Gasteiger partial charge < -0.3 is 15.0 Å². The highest BCUT2D eigenvalue weighted by Gasteiger charge is 2.28. The fourth-order valence-corrected chi connectivity index (χ4v) is 4.44. The van der Waals surface area contributed by atoms with Crippen molar-refractivity contribution in [3.63, 3.8) is 0 Å². The minimum Gasteiger partial charge on any atom is -0.489 e. The van der Waals surface area contributed by atoms with Crippen molar-refractivity contribution in [2.45, 2.75) is 26.0 Å². The Balaban J connectivity index is 1.23. The molecule has 0 atom stereocenters. The van der Waals surface area contributed by atoms with Crippen molar-refractivity contribution in [1.29, 1.82) is 0 Å². The normalized spacial score (nSPS) is 14.3. The number of benzene rings is 2. The van der Waals surface area contributed by atoms with Gasteiger partial charge in [-0.25, -0.2) is 0 Å². The van der Waals surface area contributed by atoms with Crippen LogP contribution < -0.4 is 10.1 Å². The van der Waals surface area contributed by atoms with Crippen LogP contribution in [0.5, 0.6) is 5.75 Å². The summed E-state index contributed by atoms with van der Waals surface area (Å²) in [4.78, 5) is 27.7. The van der Waals surface area contributed by atoms with E-state index in [1.807, 2.05) is 70.9 Å². The summed E-state index contributed by atoms with van der Waals surface area (Å²) in [6.07, 6.45) is 1.40. The number of ether oxygens (including phenoxy) is 1. The number of amides is 2. The first-order valence-corrected chi connectivity index (χ1v) is 11.4. The maximum absolute atomic E-state index is 12.6. The number of piperidine rings is 1. The molecule has 1 saturated heterocycles. The lowest BCUT2D eigenvalue weighted by Crippen LogP contribution is -2.42. The molecule has 160 valence electrons. The molecule has 0 spiro atoms. The number of nitrogens with one attached hydrogen (secondary N) is 1. The molecule has 6 heteroatoms. The molecule has 0 radical (unpaired) electrons. The van der Waals surface area contributed by atoms with Crippen LogP contribution in [0.4, 0.5) is 0 Å². The van der Waals surface area contributed by atoms with Crippen LogP contribution in [-0.2, 0) is 17.9 Å². The van der Waals surface area contributed by atoms with Crippen molar-refractivity contribution < 1.29 is 14.3 Å². The Labute approximate surface area is 186 Å². The molecule has 1 aliphatic rings. The number of para-hydroxylation sites is 1. The number of carbonyl (C=O) groups excluding carboxylic acids is 2. The standard InChI is InChI=1S/C25H26N2O3S/c28-24(21-11-13-27(14-12-21)25(29)23-10-5-15-31-23)26-17-19-6-4-7-20(16-19)18-30-22-8-2-1-3-9-22/h1-10,15-16,21H,11-14,17-18H2,(H,26,28). The Hall–Kier alpha value is -3.12. The van der Waals surface area contributed by atoms with E-state index in [0.717, 1.165) is 21.8 Å². The summed E-state index contributed by atoms with van der Waals surface area (Å²) in [5, 5.41) is 4.97. The molecule has 2 heterocycles. The number of likely N-dealkylation sites (tertiary alicyclic amines) is 1. The second-order valence-corrected chi connectivity index (χ2v) is 8.63. The number of thiophene rings is 1. The lowest BCUT2D eigenvalue weighted by atomic mass is 9.95. The van der Waals surface area contributed by atoms with E-state index in [1.54, 1.807) is 0 Å². The van der Waals surface area contributed by atoms with E-state index in [-0.39, 0.29) is 17.7 Å². The quantitative estimate of drug-likeness (QED) is 0.596. The van der Waals surface area contributed by atoms with E-state index in [1.165, 1.54) is 11.3 Å². The SMILES string of the molecule is O=C(NCc1cccc(COc2ccccc2)c1)C1CCN(C(=O)c2cccs2)CC1. The van der Waals surface area contributed by atoms with Crippen LogP contribution in [0.3, 0.4) is 0 Å². The first-order chi connectivity index (χ1) is 15.2. The van der Waals surface area contributed by atoms with Gasteiger partial charge in [-0.1, -0.05) is 48.5 Å². The maximum atomic E-state index is 12.6. The molecule has 2 aromatic carbocycles. The molecule has 5 nitrogen and oxygen atoms in total. The Morgan fingerprint density at radius 1 is 0.968 bits per heavy atom.